The van der Waals surface area contributed by atoms with Crippen LogP contribution < -0.4 is 5.73 Å². The maximum Gasteiger partial charge on any atom is 0.228 e. The Morgan fingerprint density at radius 1 is 1.45 bits per heavy atom. The van der Waals surface area contributed by atoms with Crippen molar-refractivity contribution in [2.75, 3.05) is 0 Å². The van der Waals surface area contributed by atoms with Gasteiger partial charge in [0, 0.05) is 31.3 Å². The van der Waals surface area contributed by atoms with Crippen molar-refractivity contribution in [3.05, 3.63) is 29.9 Å². The summed E-state index contributed by atoms with van der Waals surface area (Å²) < 4.78 is 7.45. The standard InChI is InChI=1S/C14H21N5O/c1-10(2)12-16-7-9-19(12)8-4-11-17-13(18-20-11)14(15)5-3-6-14/h7,9-10H,3-6,8,15H2,1-2H3. The van der Waals surface area contributed by atoms with E-state index in [4.69, 9.17) is 10.3 Å². The molecular weight excluding hydrogens is 254 g/mol. The minimum atomic E-state index is -0.347. The number of nitrogens with zero attached hydrogens (tertiary/aromatic N) is 4. The Kier molecular flexibility index (Phi) is 3.33. The van der Waals surface area contributed by atoms with Gasteiger partial charge in [-0.1, -0.05) is 19.0 Å². The molecule has 0 saturated heterocycles. The number of aromatic nitrogens is 4. The van der Waals surface area contributed by atoms with E-state index in [-0.39, 0.29) is 5.54 Å². The van der Waals surface area contributed by atoms with Crippen LogP contribution >= 0.6 is 0 Å². The van der Waals surface area contributed by atoms with E-state index in [1.54, 1.807) is 0 Å². The summed E-state index contributed by atoms with van der Waals surface area (Å²) >= 11 is 0. The first-order valence-electron chi connectivity index (χ1n) is 7.21. The van der Waals surface area contributed by atoms with Crippen molar-refractivity contribution in [3.8, 4) is 0 Å². The molecule has 6 heteroatoms. The van der Waals surface area contributed by atoms with Crippen molar-refractivity contribution in [2.24, 2.45) is 5.73 Å². The van der Waals surface area contributed by atoms with Gasteiger partial charge in [-0.05, 0) is 19.3 Å². The topological polar surface area (TPSA) is 82.8 Å². The molecule has 20 heavy (non-hydrogen) atoms. The zero-order chi connectivity index (χ0) is 14.2. The Labute approximate surface area is 118 Å². The zero-order valence-corrected chi connectivity index (χ0v) is 12.0. The van der Waals surface area contributed by atoms with Gasteiger partial charge in [-0.3, -0.25) is 0 Å². The Morgan fingerprint density at radius 3 is 2.90 bits per heavy atom. The highest BCUT2D eigenvalue weighted by Gasteiger charge is 2.38. The van der Waals surface area contributed by atoms with Gasteiger partial charge in [0.1, 0.15) is 5.82 Å². The summed E-state index contributed by atoms with van der Waals surface area (Å²) in [6.07, 6.45) is 7.57. The molecule has 0 atom stereocenters. The molecule has 2 aromatic heterocycles. The summed E-state index contributed by atoms with van der Waals surface area (Å²) in [5.41, 5.74) is 5.84. The van der Waals surface area contributed by atoms with Crippen LogP contribution in [0.5, 0.6) is 0 Å². The normalized spacial score (nSPS) is 17.4. The first kappa shape index (κ1) is 13.3. The predicted molar refractivity (Wildman–Crippen MR) is 74.0 cm³/mol. The van der Waals surface area contributed by atoms with Crippen LogP contribution in [0.1, 0.15) is 56.6 Å². The predicted octanol–water partition coefficient (Wildman–Crippen LogP) is 1.97. The molecule has 2 N–H and O–H groups in total. The van der Waals surface area contributed by atoms with Crippen molar-refractivity contribution in [2.45, 2.75) is 57.5 Å². The second kappa shape index (κ2) is 5.01. The van der Waals surface area contributed by atoms with Crippen molar-refractivity contribution in [1.82, 2.24) is 19.7 Å². The highest BCUT2D eigenvalue weighted by Crippen LogP contribution is 2.36. The molecule has 0 spiro atoms. The van der Waals surface area contributed by atoms with Crippen LogP contribution in [-0.4, -0.2) is 19.7 Å². The highest BCUT2D eigenvalue weighted by molar-refractivity contribution is 5.08. The van der Waals surface area contributed by atoms with E-state index in [0.29, 0.717) is 24.1 Å². The smallest absolute Gasteiger partial charge is 0.228 e. The van der Waals surface area contributed by atoms with Crippen molar-refractivity contribution in [3.63, 3.8) is 0 Å². The fourth-order valence-corrected chi connectivity index (χ4v) is 2.57. The minimum Gasteiger partial charge on any atom is -0.339 e. The molecule has 1 fully saturated rings. The van der Waals surface area contributed by atoms with Gasteiger partial charge >= 0.3 is 0 Å². The van der Waals surface area contributed by atoms with Crippen molar-refractivity contribution in [1.29, 1.82) is 0 Å². The average Bonchev–Trinajstić information content (AvgIpc) is 3.02. The summed E-state index contributed by atoms with van der Waals surface area (Å²) in [6.45, 7) is 5.07. The van der Waals surface area contributed by atoms with E-state index in [9.17, 15) is 0 Å². The summed E-state index contributed by atoms with van der Waals surface area (Å²) in [7, 11) is 0. The average molecular weight is 275 g/mol. The number of hydrogen-bond acceptors (Lipinski definition) is 5. The van der Waals surface area contributed by atoms with E-state index < -0.39 is 0 Å². The molecule has 1 saturated carbocycles. The van der Waals surface area contributed by atoms with Crippen LogP contribution in [0.4, 0.5) is 0 Å². The Bertz CT molecular complexity index is 582. The molecule has 0 aliphatic heterocycles. The van der Waals surface area contributed by atoms with Crippen LogP contribution in [-0.2, 0) is 18.5 Å². The minimum absolute atomic E-state index is 0.347. The van der Waals surface area contributed by atoms with Crippen molar-refractivity contribution < 1.29 is 4.52 Å². The lowest BCUT2D eigenvalue weighted by Crippen LogP contribution is -2.44. The van der Waals surface area contributed by atoms with Crippen LogP contribution in [0, 0.1) is 0 Å². The van der Waals surface area contributed by atoms with Gasteiger partial charge in [-0.25, -0.2) is 4.98 Å². The van der Waals surface area contributed by atoms with E-state index in [1.165, 1.54) is 0 Å². The molecule has 0 aromatic carbocycles. The number of rotatable bonds is 5. The van der Waals surface area contributed by atoms with E-state index in [1.807, 2.05) is 12.4 Å². The second-order valence-corrected chi connectivity index (χ2v) is 5.90. The fraction of sp³-hybridized carbons (Fsp3) is 0.643. The summed E-state index contributed by atoms with van der Waals surface area (Å²) in [6, 6.07) is 0. The third kappa shape index (κ3) is 2.35. The molecule has 3 rings (SSSR count). The van der Waals surface area contributed by atoms with Gasteiger partial charge in [0.05, 0.1) is 5.54 Å². The van der Waals surface area contributed by atoms with Crippen LogP contribution in [0.3, 0.4) is 0 Å². The molecule has 0 unspecified atom stereocenters. The lowest BCUT2D eigenvalue weighted by atomic mass is 9.77. The van der Waals surface area contributed by atoms with Gasteiger partial charge in [0.25, 0.3) is 0 Å². The first-order valence-corrected chi connectivity index (χ1v) is 7.21. The number of aryl methyl sites for hydroxylation is 2. The zero-order valence-electron chi connectivity index (χ0n) is 12.0. The molecule has 0 amide bonds. The van der Waals surface area contributed by atoms with Gasteiger partial charge < -0.3 is 14.8 Å². The van der Waals surface area contributed by atoms with Crippen LogP contribution in [0.2, 0.25) is 0 Å². The summed E-state index contributed by atoms with van der Waals surface area (Å²) in [5.74, 6) is 2.80. The molecule has 0 radical (unpaired) electrons. The quantitative estimate of drug-likeness (QED) is 0.902. The molecule has 2 aromatic rings. The Balaban J connectivity index is 1.65. The van der Waals surface area contributed by atoms with Crippen LogP contribution in [0.15, 0.2) is 16.9 Å². The number of hydrogen-bond donors (Lipinski definition) is 1. The second-order valence-electron chi connectivity index (χ2n) is 5.90. The van der Waals surface area contributed by atoms with Gasteiger partial charge in [0.15, 0.2) is 5.82 Å². The lowest BCUT2D eigenvalue weighted by Gasteiger charge is -2.34. The Morgan fingerprint density at radius 2 is 2.25 bits per heavy atom. The van der Waals surface area contributed by atoms with E-state index >= 15 is 0 Å². The molecule has 108 valence electrons. The maximum atomic E-state index is 6.19. The third-order valence-electron chi connectivity index (χ3n) is 3.99. The van der Waals surface area contributed by atoms with Gasteiger partial charge in [0.2, 0.25) is 5.89 Å². The van der Waals surface area contributed by atoms with Crippen LogP contribution in [0.25, 0.3) is 0 Å². The molecule has 1 aliphatic carbocycles. The molecule has 1 aliphatic rings. The first-order chi connectivity index (χ1) is 9.58. The molecule has 6 nitrogen and oxygen atoms in total. The molecular formula is C14H21N5O. The van der Waals surface area contributed by atoms with E-state index in [0.717, 1.165) is 31.6 Å². The van der Waals surface area contributed by atoms with Gasteiger partial charge in [-0.15, -0.1) is 0 Å². The fourth-order valence-electron chi connectivity index (χ4n) is 2.57. The third-order valence-corrected chi connectivity index (χ3v) is 3.99. The largest absolute Gasteiger partial charge is 0.339 e. The highest BCUT2D eigenvalue weighted by atomic mass is 16.5. The Hall–Kier alpha value is -1.69. The number of nitrogens with two attached hydrogens (primary N) is 1. The summed E-state index contributed by atoms with van der Waals surface area (Å²) in [5, 5.41) is 4.03. The van der Waals surface area contributed by atoms with Crippen molar-refractivity contribution >= 4 is 0 Å². The summed E-state index contributed by atoms with van der Waals surface area (Å²) in [4.78, 5) is 8.81. The molecule has 2 heterocycles. The van der Waals surface area contributed by atoms with Gasteiger partial charge in [-0.2, -0.15) is 4.98 Å². The maximum absolute atomic E-state index is 6.19. The van der Waals surface area contributed by atoms with E-state index in [2.05, 4.69) is 33.5 Å². The SMILES string of the molecule is CC(C)c1nccn1CCc1nc(C2(N)CCC2)no1. The number of imidazole rings is 1. The lowest BCUT2D eigenvalue weighted by molar-refractivity contribution is 0.229. The monoisotopic (exact) mass is 275 g/mol. The molecule has 0 bridgehead atoms.